The molecular weight excluding hydrogens is 542 g/mol. The van der Waals surface area contributed by atoms with Crippen LogP contribution < -0.4 is 0 Å². The van der Waals surface area contributed by atoms with Crippen LogP contribution in [0.5, 0.6) is 0 Å². The topological polar surface area (TPSA) is 12.9 Å². The van der Waals surface area contributed by atoms with Crippen molar-refractivity contribution in [3.8, 4) is 44.5 Å². The second kappa shape index (κ2) is 9.74. The summed E-state index contributed by atoms with van der Waals surface area (Å²) >= 11 is 0. The van der Waals surface area contributed by atoms with E-state index in [2.05, 4.69) is 166 Å². The molecule has 212 valence electrons. The molecule has 1 aromatic heterocycles. The van der Waals surface area contributed by atoms with Crippen LogP contribution in [-0.4, -0.2) is 4.98 Å². The number of nitrogens with zero attached hydrogens (tertiary/aromatic N) is 1. The van der Waals surface area contributed by atoms with E-state index in [0.717, 1.165) is 5.52 Å². The highest BCUT2D eigenvalue weighted by Gasteiger charge is 2.35. The lowest BCUT2D eigenvalue weighted by Gasteiger charge is -2.23. The number of hydrogen-bond donors (Lipinski definition) is 0. The van der Waals surface area contributed by atoms with Gasteiger partial charge in [0.1, 0.15) is 0 Å². The second-order valence-corrected chi connectivity index (χ2v) is 12.7. The van der Waals surface area contributed by atoms with E-state index in [1.165, 1.54) is 82.6 Å². The molecule has 0 fully saturated rings. The first-order valence-electron chi connectivity index (χ1n) is 15.7. The molecule has 0 bridgehead atoms. The average molecular weight is 574 g/mol. The van der Waals surface area contributed by atoms with Crippen molar-refractivity contribution in [3.05, 3.63) is 163 Å². The van der Waals surface area contributed by atoms with Gasteiger partial charge in [0.05, 0.1) is 5.52 Å². The average Bonchev–Trinajstić information content (AvgIpc) is 3.33. The number of rotatable bonds is 3. The zero-order valence-electron chi connectivity index (χ0n) is 25.4. The molecule has 1 heteroatoms. The molecule has 0 unspecified atom stereocenters. The van der Waals surface area contributed by atoms with Gasteiger partial charge in [-0.1, -0.05) is 147 Å². The monoisotopic (exact) mass is 573 g/mol. The van der Waals surface area contributed by atoms with Crippen molar-refractivity contribution >= 4 is 32.4 Å². The molecule has 0 saturated carbocycles. The fourth-order valence-corrected chi connectivity index (χ4v) is 7.82. The Morgan fingerprint density at radius 3 is 1.82 bits per heavy atom. The summed E-state index contributed by atoms with van der Waals surface area (Å²) in [7, 11) is 0. The molecule has 8 aromatic rings. The summed E-state index contributed by atoms with van der Waals surface area (Å²) < 4.78 is 0. The van der Waals surface area contributed by atoms with Gasteiger partial charge in [-0.15, -0.1) is 0 Å². The molecule has 45 heavy (non-hydrogen) atoms. The van der Waals surface area contributed by atoms with E-state index in [-0.39, 0.29) is 5.41 Å². The minimum Gasteiger partial charge on any atom is -0.256 e. The lowest BCUT2D eigenvalue weighted by Crippen LogP contribution is -2.14. The van der Waals surface area contributed by atoms with Gasteiger partial charge in [0.15, 0.2) is 0 Å². The Balaban J connectivity index is 1.38. The summed E-state index contributed by atoms with van der Waals surface area (Å²) in [6, 6.07) is 53.1. The fourth-order valence-electron chi connectivity index (χ4n) is 7.82. The maximum Gasteiger partial charge on any atom is 0.0708 e. The highest BCUT2D eigenvalue weighted by atomic mass is 14.7. The van der Waals surface area contributed by atoms with Crippen molar-refractivity contribution in [2.24, 2.45) is 0 Å². The van der Waals surface area contributed by atoms with Crippen LogP contribution in [0.3, 0.4) is 0 Å². The number of para-hydroxylation sites is 1. The smallest absolute Gasteiger partial charge is 0.0708 e. The molecule has 1 aliphatic rings. The summed E-state index contributed by atoms with van der Waals surface area (Å²) in [5.41, 5.74) is 13.8. The Hall–Kier alpha value is -5.53. The molecule has 0 aliphatic heterocycles. The van der Waals surface area contributed by atoms with Crippen molar-refractivity contribution in [2.75, 3.05) is 0 Å². The molecule has 1 nitrogen and oxygen atoms in total. The van der Waals surface area contributed by atoms with Crippen LogP contribution in [0.1, 0.15) is 25.0 Å². The van der Waals surface area contributed by atoms with E-state index < -0.39 is 0 Å². The number of hydrogen-bond acceptors (Lipinski definition) is 1. The first kappa shape index (κ1) is 25.9. The summed E-state index contributed by atoms with van der Waals surface area (Å²) in [6.45, 7) is 4.71. The molecular formula is C44H31N. The number of aromatic nitrogens is 1. The van der Waals surface area contributed by atoms with Gasteiger partial charge >= 0.3 is 0 Å². The number of fused-ring (bicyclic) bond motifs is 7. The van der Waals surface area contributed by atoms with E-state index in [0.29, 0.717) is 0 Å². The van der Waals surface area contributed by atoms with Gasteiger partial charge in [-0.2, -0.15) is 0 Å². The highest BCUT2D eigenvalue weighted by molar-refractivity contribution is 6.27. The normalized spacial score (nSPS) is 13.3. The first-order valence-corrected chi connectivity index (χ1v) is 15.7. The van der Waals surface area contributed by atoms with Crippen molar-refractivity contribution in [2.45, 2.75) is 19.3 Å². The van der Waals surface area contributed by atoms with E-state index >= 15 is 0 Å². The maximum absolute atomic E-state index is 5.03. The predicted octanol–water partition coefficient (Wildman–Crippen LogP) is 11.8. The quantitative estimate of drug-likeness (QED) is 0.151. The molecule has 0 atom stereocenters. The van der Waals surface area contributed by atoms with E-state index in [1.54, 1.807) is 0 Å². The van der Waals surface area contributed by atoms with Crippen LogP contribution in [0.25, 0.3) is 77.0 Å². The third-order valence-electron chi connectivity index (χ3n) is 9.91. The van der Waals surface area contributed by atoms with Crippen LogP contribution in [-0.2, 0) is 5.41 Å². The largest absolute Gasteiger partial charge is 0.256 e. The van der Waals surface area contributed by atoms with Gasteiger partial charge in [-0.25, -0.2) is 0 Å². The summed E-state index contributed by atoms with van der Waals surface area (Å²) in [5.74, 6) is 0. The Kier molecular flexibility index (Phi) is 5.61. The van der Waals surface area contributed by atoms with Crippen molar-refractivity contribution in [3.63, 3.8) is 0 Å². The second-order valence-electron chi connectivity index (χ2n) is 12.7. The molecule has 0 N–H and O–H groups in total. The van der Waals surface area contributed by atoms with E-state index in [9.17, 15) is 0 Å². The third kappa shape index (κ3) is 3.77. The van der Waals surface area contributed by atoms with Gasteiger partial charge in [-0.3, -0.25) is 4.98 Å². The molecule has 1 aliphatic carbocycles. The highest BCUT2D eigenvalue weighted by Crippen LogP contribution is 2.51. The molecule has 0 saturated heterocycles. The summed E-state index contributed by atoms with van der Waals surface area (Å²) in [5, 5.41) is 6.09. The van der Waals surface area contributed by atoms with Crippen LogP contribution in [0, 0.1) is 0 Å². The van der Waals surface area contributed by atoms with Gasteiger partial charge in [0.25, 0.3) is 0 Å². The molecule has 0 amide bonds. The Labute approximate surface area is 263 Å². The zero-order valence-corrected chi connectivity index (χ0v) is 25.4. The first-order chi connectivity index (χ1) is 22.1. The van der Waals surface area contributed by atoms with Gasteiger partial charge in [0.2, 0.25) is 0 Å². The van der Waals surface area contributed by atoms with Crippen molar-refractivity contribution in [1.29, 1.82) is 0 Å². The standard InChI is InChI=1S/C44H31N/c1-44(2)38-22-12-10-17-31(38)32-25-24-29(26-39(32)44)30-16-6-7-18-33(30)42-35-20-9-8-19-34(35)41(28-14-4-3-5-15-28)43-36-21-11-13-23-40(36)45-27-37(42)43/h3-27H,1-2H3. The van der Waals surface area contributed by atoms with Crippen LogP contribution in [0.2, 0.25) is 0 Å². The van der Waals surface area contributed by atoms with E-state index in [1.807, 2.05) is 0 Å². The molecule has 0 radical (unpaired) electrons. The van der Waals surface area contributed by atoms with Crippen molar-refractivity contribution < 1.29 is 0 Å². The minimum atomic E-state index is -0.0591. The Morgan fingerprint density at radius 1 is 0.422 bits per heavy atom. The maximum atomic E-state index is 5.03. The van der Waals surface area contributed by atoms with E-state index in [4.69, 9.17) is 4.98 Å². The SMILES string of the molecule is CC1(C)c2ccccc2-c2ccc(-c3ccccc3-c3c4ccccc4c(-c4ccccc4)c4c3cnc3ccccc34)cc21. The minimum absolute atomic E-state index is 0.0591. The molecule has 7 aromatic carbocycles. The Morgan fingerprint density at radius 2 is 1.02 bits per heavy atom. The van der Waals surface area contributed by atoms with Gasteiger partial charge in [0, 0.05) is 27.8 Å². The molecule has 9 rings (SSSR count). The zero-order chi connectivity index (χ0) is 30.1. The fraction of sp³-hybridized carbons (Fsp3) is 0.0682. The van der Waals surface area contributed by atoms with Crippen LogP contribution in [0.4, 0.5) is 0 Å². The molecule has 1 heterocycles. The number of pyridine rings is 1. The predicted molar refractivity (Wildman–Crippen MR) is 191 cm³/mol. The van der Waals surface area contributed by atoms with Crippen LogP contribution >= 0.6 is 0 Å². The van der Waals surface area contributed by atoms with Crippen molar-refractivity contribution in [1.82, 2.24) is 4.98 Å². The summed E-state index contributed by atoms with van der Waals surface area (Å²) in [4.78, 5) is 5.03. The van der Waals surface area contributed by atoms with Gasteiger partial charge in [-0.05, 0) is 78.5 Å². The third-order valence-corrected chi connectivity index (χ3v) is 9.91. The molecule has 0 spiro atoms. The lowest BCUT2D eigenvalue weighted by molar-refractivity contribution is 0.660. The van der Waals surface area contributed by atoms with Crippen LogP contribution in [0.15, 0.2) is 152 Å². The number of benzene rings is 7. The summed E-state index contributed by atoms with van der Waals surface area (Å²) in [6.07, 6.45) is 2.10. The van der Waals surface area contributed by atoms with Gasteiger partial charge < -0.3 is 0 Å². The Bertz CT molecular complexity index is 2450. The lowest BCUT2D eigenvalue weighted by atomic mass is 9.80.